The second-order valence-corrected chi connectivity index (χ2v) is 27.9. The van der Waals surface area contributed by atoms with Gasteiger partial charge >= 0.3 is 0 Å². The summed E-state index contributed by atoms with van der Waals surface area (Å²) in [5.41, 5.74) is 0. The summed E-state index contributed by atoms with van der Waals surface area (Å²) in [6.45, 7) is 27.5. The molecule has 0 radical (unpaired) electrons. The van der Waals surface area contributed by atoms with Gasteiger partial charge in [-0.3, -0.25) is 52.7 Å². The number of nitrogens with zero attached hydrogens (tertiary/aromatic N) is 7. The molecule has 1 fully saturated rings. The van der Waals surface area contributed by atoms with E-state index in [1.807, 2.05) is 55.4 Å². The average molecular weight is 1350 g/mol. The third kappa shape index (κ3) is 26.9. The molecule has 546 valence electrons. The van der Waals surface area contributed by atoms with Crippen LogP contribution in [0.5, 0.6) is 0 Å². The summed E-state index contributed by atoms with van der Waals surface area (Å²) >= 11 is 0. The average Bonchev–Trinajstić information content (AvgIpc) is 0.809. The van der Waals surface area contributed by atoms with Gasteiger partial charge in [-0.15, -0.1) is 0 Å². The number of carbonyl (C=O) groups is 11. The lowest BCUT2D eigenvalue weighted by Gasteiger charge is -2.41. The van der Waals surface area contributed by atoms with Crippen LogP contribution >= 0.6 is 0 Å². The number of aliphatic hydroxyl groups is 2. The third-order valence-electron chi connectivity index (χ3n) is 17.2. The topological polar surface area (TPSA) is 327 Å². The van der Waals surface area contributed by atoms with Crippen LogP contribution in [0.2, 0.25) is 0 Å². The number of allylic oxidation sites excluding steroid dienone is 2. The van der Waals surface area contributed by atoms with Crippen molar-refractivity contribution >= 4 is 65.0 Å². The maximum atomic E-state index is 15.3. The molecule has 1 rings (SSSR count). The molecule has 1 saturated heterocycles. The van der Waals surface area contributed by atoms with E-state index in [1.54, 1.807) is 60.6 Å². The van der Waals surface area contributed by atoms with Gasteiger partial charge < -0.3 is 80.0 Å². The van der Waals surface area contributed by atoms with E-state index < -0.39 is 162 Å². The Morgan fingerprint density at radius 3 is 1.38 bits per heavy atom. The van der Waals surface area contributed by atoms with E-state index in [1.165, 1.54) is 80.8 Å². The molecule has 95 heavy (non-hydrogen) atoms. The third-order valence-corrected chi connectivity index (χ3v) is 17.2. The normalized spacial score (nSPS) is 25.3. The summed E-state index contributed by atoms with van der Waals surface area (Å²) in [6.07, 6.45) is 2.78. The van der Waals surface area contributed by atoms with Crippen LogP contribution in [0.15, 0.2) is 12.2 Å². The fourth-order valence-electron chi connectivity index (χ4n) is 11.4. The van der Waals surface area contributed by atoms with Crippen LogP contribution in [0.3, 0.4) is 0 Å². The van der Waals surface area contributed by atoms with Crippen molar-refractivity contribution in [1.29, 1.82) is 0 Å². The SMILES string of the molecule is C/C=C/C[C@@H](C)[C@@H](O)[C@H]1C(=O)N[C@@H](CC)C(=O)N(C)CC(=O)N(C)[C@@H](CC(C)C)C(=O)N[C@@H](C(C)C)C(=O)N(C)[C@@H](CC(C)C)C(=O)N[C@@H](C)C(=O)N[C@H](COCCOCCOCCO)C(=O)N(C)[C@@H](CC(C)C)C(=O)N(C)[C@@H](CC(C)C)C(=O)N(C)[C@@H](C(C)C)C(=O)N1C. The Hall–Kier alpha value is -6.29. The number of carbonyl (C=O) groups excluding carboxylic acids is 11. The second kappa shape index (κ2) is 42.4. The molecule has 0 saturated carbocycles. The predicted octanol–water partition coefficient (Wildman–Crippen LogP) is 2.29. The molecule has 0 unspecified atom stereocenters. The fourth-order valence-corrected chi connectivity index (χ4v) is 11.4. The molecular weight excluding hydrogens is 1230 g/mol. The van der Waals surface area contributed by atoms with E-state index >= 15 is 19.2 Å². The number of hydrogen-bond donors (Lipinski definition) is 6. The van der Waals surface area contributed by atoms with Crippen molar-refractivity contribution in [2.45, 2.75) is 216 Å². The van der Waals surface area contributed by atoms with Crippen LogP contribution in [0.25, 0.3) is 0 Å². The van der Waals surface area contributed by atoms with Crippen LogP contribution in [-0.2, 0) is 67.0 Å². The van der Waals surface area contributed by atoms with Gasteiger partial charge in [-0.2, -0.15) is 0 Å². The van der Waals surface area contributed by atoms with E-state index in [9.17, 15) is 38.7 Å². The van der Waals surface area contributed by atoms with E-state index in [0.717, 1.165) is 9.80 Å². The number of ether oxygens (including phenoxy) is 3. The molecule has 27 heteroatoms. The Labute approximate surface area is 567 Å². The minimum atomic E-state index is -1.64. The summed E-state index contributed by atoms with van der Waals surface area (Å²) in [5, 5.41) is 32.3. The number of amides is 11. The molecule has 6 N–H and O–H groups in total. The number of likely N-dealkylation sites (N-methyl/N-ethyl adjacent to an activating group) is 7. The lowest BCUT2D eigenvalue weighted by Crippen LogP contribution is -2.63. The first-order chi connectivity index (χ1) is 44.2. The fraction of sp³-hybridized carbons (Fsp3) is 0.809. The molecular formula is C68H123N11O16. The molecule has 0 aromatic rings. The molecule has 0 aromatic carbocycles. The van der Waals surface area contributed by atoms with Gasteiger partial charge in [-0.05, 0) is 93.8 Å². The number of aliphatic hydroxyl groups excluding tert-OH is 2. The van der Waals surface area contributed by atoms with E-state index in [2.05, 4.69) is 21.3 Å². The van der Waals surface area contributed by atoms with E-state index in [-0.39, 0.29) is 95.4 Å². The van der Waals surface area contributed by atoms with Crippen molar-refractivity contribution in [2.75, 3.05) is 102 Å². The van der Waals surface area contributed by atoms with Crippen molar-refractivity contribution in [2.24, 2.45) is 41.4 Å². The van der Waals surface area contributed by atoms with Crippen molar-refractivity contribution in [3.8, 4) is 0 Å². The van der Waals surface area contributed by atoms with Crippen LogP contribution < -0.4 is 21.3 Å². The highest BCUT2D eigenvalue weighted by molar-refractivity contribution is 5.99. The molecule has 0 aliphatic carbocycles. The first-order valence-electron chi connectivity index (χ1n) is 33.9. The highest BCUT2D eigenvalue weighted by Crippen LogP contribution is 2.26. The number of hydrogen-bond acceptors (Lipinski definition) is 16. The van der Waals surface area contributed by atoms with Gasteiger partial charge in [0.05, 0.1) is 58.9 Å². The lowest BCUT2D eigenvalue weighted by molar-refractivity contribution is -0.157. The van der Waals surface area contributed by atoms with Gasteiger partial charge in [0.15, 0.2) is 0 Å². The quantitative estimate of drug-likeness (QED) is 0.0564. The van der Waals surface area contributed by atoms with Gasteiger partial charge in [0, 0.05) is 49.3 Å². The Kier molecular flexibility index (Phi) is 38.7. The maximum Gasteiger partial charge on any atom is 0.247 e. The molecule has 27 nitrogen and oxygen atoms in total. The van der Waals surface area contributed by atoms with Crippen molar-refractivity contribution < 1.29 is 77.2 Å². The number of rotatable bonds is 25. The Morgan fingerprint density at radius 1 is 0.474 bits per heavy atom. The Balaban J connectivity index is 4.44. The van der Waals surface area contributed by atoms with Gasteiger partial charge in [0.25, 0.3) is 0 Å². The minimum absolute atomic E-state index is 0.00580. The molecule has 0 bridgehead atoms. The van der Waals surface area contributed by atoms with E-state index in [4.69, 9.17) is 19.3 Å². The predicted molar refractivity (Wildman–Crippen MR) is 362 cm³/mol. The van der Waals surface area contributed by atoms with Crippen LogP contribution in [0.1, 0.15) is 149 Å². The van der Waals surface area contributed by atoms with E-state index in [0.29, 0.717) is 6.42 Å². The summed E-state index contributed by atoms with van der Waals surface area (Å²) in [7, 11) is 9.80. The van der Waals surface area contributed by atoms with Crippen molar-refractivity contribution in [1.82, 2.24) is 55.6 Å². The lowest BCUT2D eigenvalue weighted by atomic mass is 9.91. The summed E-state index contributed by atoms with van der Waals surface area (Å²) in [6, 6.07) is -13.1. The standard InChI is InChI=1S/C68H123N11O16/c1-24-26-27-46(15)58(82)57-62(86)70-48(25-2)63(87)73(17)38-54(81)74(18)50(34-40(3)4)61(85)72-55(44(11)12)67(91)75(19)51(35-41(5)6)60(84)69-47(16)59(83)71-49(39-95-33-32-94-31-30-93-29-28-80)64(88)76(20)52(36-42(7)8)65(89)77(21)53(37-43(9)10)66(90)78(22)56(45(13)14)68(92)79(57)23/h24,26,40-53,55-58,80,82H,25,27-39H2,1-23H3,(H,69,84)(H,70,86)(H,71,83)(H,72,85)/b26-24+/t46-,47+,48+,49-,50+,51+,52+,53+,55+,56+,57+,58-/m1/s1. The summed E-state index contributed by atoms with van der Waals surface area (Å²) in [4.78, 5) is 171. The van der Waals surface area contributed by atoms with Crippen molar-refractivity contribution in [3.63, 3.8) is 0 Å². The zero-order valence-electron chi connectivity index (χ0n) is 61.7. The molecule has 1 aliphatic heterocycles. The number of nitrogens with one attached hydrogen (secondary N) is 4. The molecule has 0 aromatic heterocycles. The first-order valence-corrected chi connectivity index (χ1v) is 33.9. The Bertz CT molecular complexity index is 2510. The van der Waals surface area contributed by atoms with Gasteiger partial charge in [-0.25, -0.2) is 0 Å². The molecule has 1 heterocycles. The summed E-state index contributed by atoms with van der Waals surface area (Å²) in [5.74, 6) is -10.5. The molecule has 12 atom stereocenters. The smallest absolute Gasteiger partial charge is 0.247 e. The highest BCUT2D eigenvalue weighted by atomic mass is 16.5. The van der Waals surface area contributed by atoms with Gasteiger partial charge in [0.2, 0.25) is 65.0 Å². The molecule has 11 amide bonds. The first kappa shape index (κ1) is 86.7. The minimum Gasteiger partial charge on any atom is -0.394 e. The van der Waals surface area contributed by atoms with Crippen LogP contribution in [-0.4, -0.2) is 278 Å². The molecule has 1 aliphatic rings. The molecule has 0 spiro atoms. The van der Waals surface area contributed by atoms with Crippen LogP contribution in [0, 0.1) is 41.4 Å². The van der Waals surface area contributed by atoms with Gasteiger partial charge in [-0.1, -0.05) is 109 Å². The van der Waals surface area contributed by atoms with Crippen LogP contribution in [0.4, 0.5) is 0 Å². The van der Waals surface area contributed by atoms with Gasteiger partial charge in [0.1, 0.15) is 60.4 Å². The largest absolute Gasteiger partial charge is 0.394 e. The van der Waals surface area contributed by atoms with Crippen molar-refractivity contribution in [3.05, 3.63) is 12.2 Å². The Morgan fingerprint density at radius 2 is 0.905 bits per heavy atom. The highest BCUT2D eigenvalue weighted by Gasteiger charge is 2.46. The zero-order valence-corrected chi connectivity index (χ0v) is 61.7. The summed E-state index contributed by atoms with van der Waals surface area (Å²) < 4.78 is 16.8. The monoisotopic (exact) mass is 1350 g/mol. The zero-order chi connectivity index (χ0) is 73.0. The maximum absolute atomic E-state index is 15.3. The second-order valence-electron chi connectivity index (χ2n) is 27.9.